The Bertz CT molecular complexity index is 1290. The van der Waals surface area contributed by atoms with Crippen LogP contribution in [0.4, 0.5) is 15.8 Å². The first-order chi connectivity index (χ1) is 16.2. The fourth-order valence-corrected chi connectivity index (χ4v) is 4.08. The van der Waals surface area contributed by atoms with Gasteiger partial charge < -0.3 is 14.8 Å². The summed E-state index contributed by atoms with van der Waals surface area (Å²) in [6, 6.07) is 15.1. The van der Waals surface area contributed by atoms with Crippen LogP contribution in [0, 0.1) is 5.82 Å². The van der Waals surface area contributed by atoms with Crippen LogP contribution in [0.2, 0.25) is 0 Å². The Labute approximate surface area is 196 Å². The molecular formula is C24H23FN2O6S. The topological polar surface area (TPSA) is 111 Å². The van der Waals surface area contributed by atoms with Crippen molar-refractivity contribution in [2.24, 2.45) is 0 Å². The van der Waals surface area contributed by atoms with Crippen LogP contribution in [0.15, 0.2) is 71.6 Å². The van der Waals surface area contributed by atoms with E-state index in [4.69, 9.17) is 9.47 Å². The Kier molecular flexibility index (Phi) is 7.85. The minimum Gasteiger partial charge on any atom is -0.492 e. The van der Waals surface area contributed by atoms with Gasteiger partial charge in [-0.3, -0.25) is 9.52 Å². The molecule has 0 radical (unpaired) electrons. The zero-order valence-electron chi connectivity index (χ0n) is 18.5. The number of hydrogen-bond donors (Lipinski definition) is 2. The van der Waals surface area contributed by atoms with Crippen molar-refractivity contribution in [3.05, 3.63) is 83.7 Å². The predicted octanol–water partition coefficient (Wildman–Crippen LogP) is 4.45. The second-order valence-corrected chi connectivity index (χ2v) is 8.61. The Morgan fingerprint density at radius 2 is 1.65 bits per heavy atom. The van der Waals surface area contributed by atoms with Crippen molar-refractivity contribution in [2.45, 2.75) is 18.7 Å². The summed E-state index contributed by atoms with van der Waals surface area (Å²) in [7, 11) is -4.07. The van der Waals surface area contributed by atoms with E-state index in [2.05, 4.69) is 10.0 Å². The highest BCUT2D eigenvalue weighted by Crippen LogP contribution is 2.29. The summed E-state index contributed by atoms with van der Waals surface area (Å²) >= 11 is 0. The maximum Gasteiger partial charge on any atom is 0.338 e. The summed E-state index contributed by atoms with van der Waals surface area (Å²) in [5, 5.41) is 2.51. The molecule has 1 amide bonds. The van der Waals surface area contributed by atoms with Crippen molar-refractivity contribution in [1.29, 1.82) is 0 Å². The van der Waals surface area contributed by atoms with Gasteiger partial charge in [-0.15, -0.1) is 0 Å². The SMILES string of the molecule is CCOC(=O)c1ccc(NS(=O)(=O)c2ccc(OCC)c(NC(=O)c3ccccc3F)c2)cc1. The van der Waals surface area contributed by atoms with E-state index >= 15 is 0 Å². The molecule has 2 N–H and O–H groups in total. The van der Waals surface area contributed by atoms with Gasteiger partial charge in [0.25, 0.3) is 15.9 Å². The van der Waals surface area contributed by atoms with Gasteiger partial charge in [-0.1, -0.05) is 12.1 Å². The summed E-state index contributed by atoms with van der Waals surface area (Å²) < 4.78 is 52.7. The molecule has 0 unspecified atom stereocenters. The first-order valence-corrected chi connectivity index (χ1v) is 11.9. The molecule has 0 aliphatic rings. The van der Waals surface area contributed by atoms with E-state index in [-0.39, 0.29) is 46.4 Å². The molecule has 3 rings (SSSR count). The van der Waals surface area contributed by atoms with Gasteiger partial charge in [0.2, 0.25) is 0 Å². The lowest BCUT2D eigenvalue weighted by Crippen LogP contribution is -2.17. The first-order valence-electron chi connectivity index (χ1n) is 10.4. The van der Waals surface area contributed by atoms with Crippen molar-refractivity contribution >= 4 is 33.3 Å². The molecule has 10 heteroatoms. The monoisotopic (exact) mass is 486 g/mol. The maximum atomic E-state index is 14.0. The van der Waals surface area contributed by atoms with Gasteiger partial charge >= 0.3 is 5.97 Å². The van der Waals surface area contributed by atoms with Crippen molar-refractivity contribution in [1.82, 2.24) is 0 Å². The van der Waals surface area contributed by atoms with Gasteiger partial charge in [-0.2, -0.15) is 0 Å². The van der Waals surface area contributed by atoms with Crippen LogP contribution in [0.1, 0.15) is 34.6 Å². The number of amides is 1. The zero-order valence-corrected chi connectivity index (χ0v) is 19.3. The second-order valence-electron chi connectivity index (χ2n) is 6.93. The number of sulfonamides is 1. The number of rotatable bonds is 9. The van der Waals surface area contributed by atoms with Crippen LogP contribution < -0.4 is 14.8 Å². The molecular weight excluding hydrogens is 463 g/mol. The van der Waals surface area contributed by atoms with E-state index in [1.54, 1.807) is 13.8 Å². The number of carbonyl (C=O) groups excluding carboxylic acids is 2. The molecule has 34 heavy (non-hydrogen) atoms. The van der Waals surface area contributed by atoms with Crippen LogP contribution in [-0.4, -0.2) is 33.5 Å². The van der Waals surface area contributed by atoms with Crippen molar-refractivity contribution in [3.8, 4) is 5.75 Å². The fraction of sp³-hybridized carbons (Fsp3) is 0.167. The number of nitrogens with one attached hydrogen (secondary N) is 2. The van der Waals surface area contributed by atoms with Crippen molar-refractivity contribution < 1.29 is 31.9 Å². The highest BCUT2D eigenvalue weighted by molar-refractivity contribution is 7.92. The van der Waals surface area contributed by atoms with E-state index in [0.29, 0.717) is 0 Å². The number of carbonyl (C=O) groups is 2. The quantitative estimate of drug-likeness (QED) is 0.432. The molecule has 8 nitrogen and oxygen atoms in total. The van der Waals surface area contributed by atoms with Gasteiger partial charge in [0, 0.05) is 5.69 Å². The molecule has 0 saturated heterocycles. The number of anilines is 2. The van der Waals surface area contributed by atoms with Gasteiger partial charge in [0.1, 0.15) is 11.6 Å². The maximum absolute atomic E-state index is 14.0. The number of esters is 1. The lowest BCUT2D eigenvalue weighted by atomic mass is 10.2. The van der Waals surface area contributed by atoms with E-state index < -0.39 is 27.7 Å². The van der Waals surface area contributed by atoms with Crippen molar-refractivity contribution in [3.63, 3.8) is 0 Å². The molecule has 0 fully saturated rings. The molecule has 3 aromatic carbocycles. The molecule has 0 spiro atoms. The second kappa shape index (κ2) is 10.8. The van der Waals surface area contributed by atoms with E-state index in [1.165, 1.54) is 60.7 Å². The average Bonchev–Trinajstić information content (AvgIpc) is 2.81. The normalized spacial score (nSPS) is 10.9. The molecule has 0 aromatic heterocycles. The van der Waals surface area contributed by atoms with Crippen LogP contribution in [0.5, 0.6) is 5.75 Å². The van der Waals surface area contributed by atoms with E-state index in [9.17, 15) is 22.4 Å². The summed E-state index contributed by atoms with van der Waals surface area (Å²) in [4.78, 5) is 24.2. The Morgan fingerprint density at radius 1 is 0.941 bits per heavy atom. The Morgan fingerprint density at radius 3 is 2.29 bits per heavy atom. The van der Waals surface area contributed by atoms with Gasteiger partial charge in [-0.25, -0.2) is 17.6 Å². The van der Waals surface area contributed by atoms with Crippen LogP contribution in [-0.2, 0) is 14.8 Å². The molecule has 0 atom stereocenters. The highest BCUT2D eigenvalue weighted by Gasteiger charge is 2.20. The predicted molar refractivity (Wildman–Crippen MR) is 125 cm³/mol. The average molecular weight is 487 g/mol. The third-order valence-electron chi connectivity index (χ3n) is 4.58. The largest absolute Gasteiger partial charge is 0.492 e. The summed E-state index contributed by atoms with van der Waals surface area (Å²) in [5.74, 6) is -1.76. The third-order valence-corrected chi connectivity index (χ3v) is 5.96. The lowest BCUT2D eigenvalue weighted by Gasteiger charge is -2.15. The number of halogens is 1. The number of ether oxygens (including phenoxy) is 2. The highest BCUT2D eigenvalue weighted by atomic mass is 32.2. The zero-order chi connectivity index (χ0) is 24.7. The van der Waals surface area contributed by atoms with E-state index in [1.807, 2.05) is 0 Å². The molecule has 0 bridgehead atoms. The Hall–Kier alpha value is -3.92. The number of benzene rings is 3. The lowest BCUT2D eigenvalue weighted by molar-refractivity contribution is 0.0526. The third kappa shape index (κ3) is 5.90. The molecule has 0 heterocycles. The summed E-state index contributed by atoms with van der Waals surface area (Å²) in [6.07, 6.45) is 0. The molecule has 0 aliphatic carbocycles. The summed E-state index contributed by atoms with van der Waals surface area (Å²) in [5.41, 5.74) is 0.372. The minimum atomic E-state index is -4.07. The number of hydrogen-bond acceptors (Lipinski definition) is 6. The first kappa shape index (κ1) is 24.7. The molecule has 0 saturated carbocycles. The molecule has 3 aromatic rings. The van der Waals surface area contributed by atoms with Gasteiger partial charge in [0.15, 0.2) is 0 Å². The van der Waals surface area contributed by atoms with Crippen LogP contribution in [0.3, 0.4) is 0 Å². The van der Waals surface area contributed by atoms with Gasteiger partial charge in [-0.05, 0) is 68.4 Å². The van der Waals surface area contributed by atoms with Crippen LogP contribution >= 0.6 is 0 Å². The summed E-state index contributed by atoms with van der Waals surface area (Å²) in [6.45, 7) is 3.90. The van der Waals surface area contributed by atoms with Crippen molar-refractivity contribution in [2.75, 3.05) is 23.3 Å². The smallest absolute Gasteiger partial charge is 0.338 e. The standard InChI is InChI=1S/C24H23FN2O6S/c1-3-32-22-14-13-18(15-21(22)26-23(28)19-7-5-6-8-20(19)25)34(30,31)27-17-11-9-16(10-12-17)24(29)33-4-2/h5-15,27H,3-4H2,1-2H3,(H,26,28). The minimum absolute atomic E-state index is 0.0654. The fourth-order valence-electron chi connectivity index (χ4n) is 2.99. The van der Waals surface area contributed by atoms with E-state index in [0.717, 1.165) is 6.07 Å². The van der Waals surface area contributed by atoms with Gasteiger partial charge in [0.05, 0.1) is 34.9 Å². The molecule has 178 valence electrons. The molecule has 0 aliphatic heterocycles. The van der Waals surface area contributed by atoms with Crippen LogP contribution in [0.25, 0.3) is 0 Å². The Balaban J connectivity index is 1.86.